The van der Waals surface area contributed by atoms with E-state index in [4.69, 9.17) is 4.74 Å². The fraction of sp³-hybridized carbons (Fsp3) is 0.190. The zero-order chi connectivity index (χ0) is 16.5. The number of ketones is 1. The molecule has 0 aliphatic heterocycles. The second kappa shape index (κ2) is 6.00. The Balaban J connectivity index is 1.64. The molecule has 0 saturated heterocycles. The molecule has 120 valence electrons. The first-order chi connectivity index (χ1) is 11.7. The number of H-pyrrole nitrogens is 1. The largest absolute Gasteiger partial charge is 0.497 e. The van der Waals surface area contributed by atoms with Gasteiger partial charge in [0.2, 0.25) is 0 Å². The summed E-state index contributed by atoms with van der Waals surface area (Å²) < 4.78 is 5.22. The molecule has 3 aromatic rings. The van der Waals surface area contributed by atoms with Crippen LogP contribution in [0.3, 0.4) is 0 Å². The number of fused-ring (bicyclic) bond motifs is 1. The third-order valence-electron chi connectivity index (χ3n) is 4.76. The predicted octanol–water partition coefficient (Wildman–Crippen LogP) is 4.71. The van der Waals surface area contributed by atoms with Gasteiger partial charge in [-0.25, -0.2) is 0 Å². The Labute approximate surface area is 141 Å². The maximum absolute atomic E-state index is 12.3. The van der Waals surface area contributed by atoms with Gasteiger partial charge in [-0.1, -0.05) is 24.3 Å². The fourth-order valence-corrected chi connectivity index (χ4v) is 3.45. The molecule has 1 atom stereocenters. The van der Waals surface area contributed by atoms with E-state index >= 15 is 0 Å². The number of aromatic nitrogens is 1. The summed E-state index contributed by atoms with van der Waals surface area (Å²) in [6, 6.07) is 16.4. The van der Waals surface area contributed by atoms with Gasteiger partial charge in [-0.3, -0.25) is 4.79 Å². The number of nitrogens with one attached hydrogen (secondary N) is 1. The fourth-order valence-electron chi connectivity index (χ4n) is 3.45. The van der Waals surface area contributed by atoms with Crippen LogP contribution in [-0.4, -0.2) is 17.9 Å². The lowest BCUT2D eigenvalue weighted by molar-refractivity contribution is -0.115. The predicted molar refractivity (Wildman–Crippen MR) is 96.3 cm³/mol. The molecule has 0 fully saturated rings. The Morgan fingerprint density at radius 3 is 2.67 bits per heavy atom. The standard InChI is InChI=1S/C21H19NO2/c1-24-20-6-4-14(5-7-20)17-10-18(12-19(23)11-17)16-3-2-15-8-9-22-21(15)13-16/h2-9,12-13,17,22H,10-11H2,1H3/t17-/m1/s1. The topological polar surface area (TPSA) is 42.1 Å². The number of aromatic amines is 1. The smallest absolute Gasteiger partial charge is 0.156 e. The normalized spacial score (nSPS) is 17.8. The highest BCUT2D eigenvalue weighted by Gasteiger charge is 2.23. The molecule has 1 aliphatic carbocycles. The van der Waals surface area contributed by atoms with E-state index in [1.165, 1.54) is 10.9 Å². The molecule has 1 heterocycles. The minimum atomic E-state index is 0.198. The van der Waals surface area contributed by atoms with E-state index in [0.717, 1.165) is 28.8 Å². The van der Waals surface area contributed by atoms with Gasteiger partial charge in [-0.15, -0.1) is 0 Å². The van der Waals surface area contributed by atoms with Gasteiger partial charge in [0.05, 0.1) is 7.11 Å². The maximum Gasteiger partial charge on any atom is 0.156 e. The Morgan fingerprint density at radius 1 is 1.04 bits per heavy atom. The van der Waals surface area contributed by atoms with Crippen LogP contribution in [0.25, 0.3) is 16.5 Å². The van der Waals surface area contributed by atoms with Gasteiger partial charge in [-0.2, -0.15) is 0 Å². The monoisotopic (exact) mass is 317 g/mol. The van der Waals surface area contributed by atoms with Crippen LogP contribution < -0.4 is 4.74 Å². The molecular formula is C21H19NO2. The van der Waals surface area contributed by atoms with Crippen molar-refractivity contribution in [3.63, 3.8) is 0 Å². The summed E-state index contributed by atoms with van der Waals surface area (Å²) in [5.41, 5.74) is 4.53. The molecule has 0 bridgehead atoms. The highest BCUT2D eigenvalue weighted by molar-refractivity contribution is 6.00. The van der Waals surface area contributed by atoms with Crippen molar-refractivity contribution in [3.05, 3.63) is 71.9 Å². The Hall–Kier alpha value is -2.81. The molecule has 4 rings (SSSR count). The summed E-state index contributed by atoms with van der Waals surface area (Å²) in [6.45, 7) is 0. The third kappa shape index (κ3) is 2.73. The van der Waals surface area contributed by atoms with Gasteiger partial charge in [-0.05, 0) is 64.8 Å². The lowest BCUT2D eigenvalue weighted by atomic mass is 9.81. The molecule has 24 heavy (non-hydrogen) atoms. The molecule has 0 radical (unpaired) electrons. The van der Waals surface area contributed by atoms with Crippen molar-refractivity contribution in [1.82, 2.24) is 4.98 Å². The van der Waals surface area contributed by atoms with Gasteiger partial charge in [0.25, 0.3) is 0 Å². The average molecular weight is 317 g/mol. The number of allylic oxidation sites excluding steroid dienone is 2. The number of carbonyl (C=O) groups is 1. The molecule has 0 amide bonds. The van der Waals surface area contributed by atoms with Crippen LogP contribution in [0.4, 0.5) is 0 Å². The van der Waals surface area contributed by atoms with E-state index in [1.54, 1.807) is 7.11 Å². The van der Waals surface area contributed by atoms with Crippen LogP contribution in [0.5, 0.6) is 5.75 Å². The molecule has 1 N–H and O–H groups in total. The Morgan fingerprint density at radius 2 is 1.88 bits per heavy atom. The number of hydrogen-bond donors (Lipinski definition) is 1. The van der Waals surface area contributed by atoms with Crippen LogP contribution in [0.1, 0.15) is 29.9 Å². The number of methoxy groups -OCH3 is 1. The number of hydrogen-bond acceptors (Lipinski definition) is 2. The minimum Gasteiger partial charge on any atom is -0.497 e. The van der Waals surface area contributed by atoms with Gasteiger partial charge < -0.3 is 9.72 Å². The molecule has 3 nitrogen and oxygen atoms in total. The third-order valence-corrected chi connectivity index (χ3v) is 4.76. The summed E-state index contributed by atoms with van der Waals surface area (Å²) in [4.78, 5) is 15.5. The SMILES string of the molecule is COc1ccc([C@H]2CC(=O)C=C(c3ccc4cc[nH]c4c3)C2)cc1. The summed E-state index contributed by atoms with van der Waals surface area (Å²) in [5.74, 6) is 1.26. The van der Waals surface area contributed by atoms with Crippen LogP contribution in [-0.2, 0) is 4.79 Å². The quantitative estimate of drug-likeness (QED) is 0.760. The van der Waals surface area contributed by atoms with Crippen LogP contribution in [0.2, 0.25) is 0 Å². The number of rotatable bonds is 3. The van der Waals surface area contributed by atoms with Gasteiger partial charge in [0.1, 0.15) is 5.75 Å². The highest BCUT2D eigenvalue weighted by Crippen LogP contribution is 2.37. The van der Waals surface area contributed by atoms with Crippen LogP contribution in [0.15, 0.2) is 60.8 Å². The van der Waals surface area contributed by atoms with E-state index in [2.05, 4.69) is 41.4 Å². The lowest BCUT2D eigenvalue weighted by Gasteiger charge is -2.23. The zero-order valence-electron chi connectivity index (χ0n) is 13.6. The maximum atomic E-state index is 12.3. The van der Waals surface area contributed by atoms with E-state index in [0.29, 0.717) is 6.42 Å². The van der Waals surface area contributed by atoms with E-state index in [1.807, 2.05) is 24.4 Å². The van der Waals surface area contributed by atoms with E-state index < -0.39 is 0 Å². The molecule has 2 aromatic carbocycles. The molecule has 1 aromatic heterocycles. The molecule has 3 heteroatoms. The molecular weight excluding hydrogens is 298 g/mol. The Bertz CT molecular complexity index is 918. The van der Waals surface area contributed by atoms with Crippen LogP contribution in [0, 0.1) is 0 Å². The minimum absolute atomic E-state index is 0.198. The van der Waals surface area contributed by atoms with Crippen LogP contribution >= 0.6 is 0 Å². The molecule has 0 unspecified atom stereocenters. The van der Waals surface area contributed by atoms with Crippen molar-refractivity contribution < 1.29 is 9.53 Å². The summed E-state index contributed by atoms with van der Waals surface area (Å²) in [5, 5.41) is 1.19. The van der Waals surface area contributed by atoms with Crippen molar-refractivity contribution in [2.45, 2.75) is 18.8 Å². The second-order valence-electron chi connectivity index (χ2n) is 6.29. The van der Waals surface area contributed by atoms with Gasteiger partial charge in [0, 0.05) is 18.1 Å². The second-order valence-corrected chi connectivity index (χ2v) is 6.29. The number of benzene rings is 2. The summed E-state index contributed by atoms with van der Waals surface area (Å²) in [7, 11) is 1.66. The van der Waals surface area contributed by atoms with E-state index in [9.17, 15) is 4.79 Å². The average Bonchev–Trinajstić information content (AvgIpc) is 3.09. The first kappa shape index (κ1) is 14.8. The van der Waals surface area contributed by atoms with Gasteiger partial charge in [0.15, 0.2) is 5.78 Å². The lowest BCUT2D eigenvalue weighted by Crippen LogP contribution is -2.12. The Kier molecular flexibility index (Phi) is 3.69. The highest BCUT2D eigenvalue weighted by atomic mass is 16.5. The van der Waals surface area contributed by atoms with Gasteiger partial charge >= 0.3 is 0 Å². The number of carbonyl (C=O) groups excluding carboxylic acids is 1. The van der Waals surface area contributed by atoms with Crippen molar-refractivity contribution in [3.8, 4) is 5.75 Å². The first-order valence-electron chi connectivity index (χ1n) is 8.18. The van der Waals surface area contributed by atoms with Crippen molar-refractivity contribution in [2.24, 2.45) is 0 Å². The first-order valence-corrected chi connectivity index (χ1v) is 8.18. The number of ether oxygens (including phenoxy) is 1. The molecule has 1 aliphatic rings. The van der Waals surface area contributed by atoms with Crippen molar-refractivity contribution >= 4 is 22.3 Å². The molecule has 0 saturated carbocycles. The summed E-state index contributed by atoms with van der Waals surface area (Å²) in [6.07, 6.45) is 5.20. The van der Waals surface area contributed by atoms with E-state index in [-0.39, 0.29) is 11.7 Å². The van der Waals surface area contributed by atoms with Crippen molar-refractivity contribution in [2.75, 3.05) is 7.11 Å². The zero-order valence-corrected chi connectivity index (χ0v) is 13.6. The summed E-state index contributed by atoms with van der Waals surface area (Å²) >= 11 is 0. The molecule has 0 spiro atoms. The van der Waals surface area contributed by atoms with Crippen molar-refractivity contribution in [1.29, 1.82) is 0 Å².